The summed E-state index contributed by atoms with van der Waals surface area (Å²) in [6.07, 6.45) is 0. The van der Waals surface area contributed by atoms with Crippen LogP contribution in [0.25, 0.3) is 0 Å². The molecule has 1 saturated heterocycles. The molecule has 0 spiro atoms. The monoisotopic (exact) mass is 293 g/mol. The number of hydrogen-bond donors (Lipinski definition) is 1. The van der Waals surface area contributed by atoms with Crippen molar-refractivity contribution in [3.63, 3.8) is 0 Å². The Morgan fingerprint density at radius 2 is 1.94 bits per heavy atom. The Kier molecular flexibility index (Phi) is 3.91. The molecule has 2 rings (SSSR count). The van der Waals surface area contributed by atoms with Crippen molar-refractivity contribution in [2.75, 3.05) is 33.2 Å². The highest BCUT2D eigenvalue weighted by Gasteiger charge is 2.29. The number of likely N-dealkylation sites (N-methyl/N-ethyl adjacent to an activating group) is 1. The molecule has 18 heavy (non-hydrogen) atoms. The molecule has 0 aromatic heterocycles. The number of sulfonamides is 1. The molecule has 7 heteroatoms. The van der Waals surface area contributed by atoms with Crippen LogP contribution in [0.5, 0.6) is 0 Å². The van der Waals surface area contributed by atoms with Crippen LogP contribution in [0.3, 0.4) is 0 Å². The predicted molar refractivity (Wildman–Crippen MR) is 66.8 cm³/mol. The second kappa shape index (κ2) is 5.13. The minimum Gasteiger partial charge on any atom is -0.335 e. The lowest BCUT2D eigenvalue weighted by molar-refractivity contribution is -0.883. The lowest BCUT2D eigenvalue weighted by Gasteiger charge is -2.29. The fourth-order valence-electron chi connectivity index (χ4n) is 1.89. The summed E-state index contributed by atoms with van der Waals surface area (Å²) in [7, 11) is -1.53. The van der Waals surface area contributed by atoms with Crippen molar-refractivity contribution >= 4 is 21.6 Å². The average Bonchev–Trinajstić information content (AvgIpc) is 2.33. The first-order valence-corrected chi connectivity index (χ1v) is 7.49. The zero-order chi connectivity index (χ0) is 13.3. The smallest absolute Gasteiger partial charge is 0.243 e. The molecular weight excluding hydrogens is 279 g/mol. The largest absolute Gasteiger partial charge is 0.335 e. The molecule has 4 nitrogen and oxygen atoms in total. The van der Waals surface area contributed by atoms with Crippen molar-refractivity contribution in [1.29, 1.82) is 0 Å². The van der Waals surface area contributed by atoms with E-state index in [9.17, 15) is 12.8 Å². The van der Waals surface area contributed by atoms with Gasteiger partial charge in [0.05, 0.1) is 43.1 Å². The number of hydrogen-bond acceptors (Lipinski definition) is 2. The van der Waals surface area contributed by atoms with Crippen LogP contribution in [0, 0.1) is 5.82 Å². The topological polar surface area (TPSA) is 41.8 Å². The van der Waals surface area contributed by atoms with Gasteiger partial charge in [-0.1, -0.05) is 11.6 Å². The van der Waals surface area contributed by atoms with Crippen molar-refractivity contribution in [2.45, 2.75) is 4.90 Å². The summed E-state index contributed by atoms with van der Waals surface area (Å²) >= 11 is 5.62. The maximum Gasteiger partial charge on any atom is 0.243 e. The molecule has 0 bridgehead atoms. The number of quaternary nitrogens is 1. The lowest BCUT2D eigenvalue weighted by Crippen LogP contribution is -3.12. The van der Waals surface area contributed by atoms with Crippen LogP contribution >= 0.6 is 11.6 Å². The van der Waals surface area contributed by atoms with Crippen LogP contribution < -0.4 is 4.90 Å². The van der Waals surface area contributed by atoms with Gasteiger partial charge in [0.15, 0.2) is 0 Å². The molecule has 0 amide bonds. The van der Waals surface area contributed by atoms with E-state index in [1.807, 2.05) is 7.05 Å². The van der Waals surface area contributed by atoms with Crippen molar-refractivity contribution < 1.29 is 17.7 Å². The third-order valence-corrected chi connectivity index (χ3v) is 5.29. The fourth-order valence-corrected chi connectivity index (χ4v) is 3.61. The number of benzene rings is 1. The summed E-state index contributed by atoms with van der Waals surface area (Å²) in [5.74, 6) is -0.613. The maximum atomic E-state index is 13.0. The minimum atomic E-state index is -3.56. The quantitative estimate of drug-likeness (QED) is 0.834. The molecule has 1 aromatic carbocycles. The second-order valence-electron chi connectivity index (χ2n) is 4.44. The molecule has 1 heterocycles. The summed E-state index contributed by atoms with van der Waals surface area (Å²) in [5, 5.41) is -0.171. The van der Waals surface area contributed by atoms with Gasteiger partial charge in [-0.15, -0.1) is 0 Å². The fraction of sp³-hybridized carbons (Fsp3) is 0.455. The Balaban J connectivity index is 2.27. The Bertz CT molecular complexity index is 542. The molecule has 1 N–H and O–H groups in total. The van der Waals surface area contributed by atoms with Crippen molar-refractivity contribution in [2.24, 2.45) is 0 Å². The molecule has 0 atom stereocenters. The molecular formula is C11H15ClFN2O2S+. The zero-order valence-corrected chi connectivity index (χ0v) is 11.6. The molecule has 0 unspecified atom stereocenters. The van der Waals surface area contributed by atoms with Crippen molar-refractivity contribution in [1.82, 2.24) is 4.31 Å². The standard InChI is InChI=1S/C11H14ClFN2O2S/c1-14-4-6-15(7-5-14)18(16,17)9-2-3-11(13)10(12)8-9/h2-3,8H,4-7H2,1H3/p+1. The van der Waals surface area contributed by atoms with Gasteiger partial charge in [-0.25, -0.2) is 12.8 Å². The van der Waals surface area contributed by atoms with Crippen molar-refractivity contribution in [3.05, 3.63) is 29.0 Å². The molecule has 0 saturated carbocycles. The number of nitrogens with zero attached hydrogens (tertiary/aromatic N) is 1. The normalized spacial score (nSPS) is 19.1. The molecule has 1 aromatic rings. The first-order chi connectivity index (χ1) is 8.41. The van der Waals surface area contributed by atoms with Gasteiger partial charge >= 0.3 is 0 Å². The van der Waals surface area contributed by atoms with Gasteiger partial charge in [-0.2, -0.15) is 4.31 Å². The van der Waals surface area contributed by atoms with Crippen LogP contribution in [0.1, 0.15) is 0 Å². The lowest BCUT2D eigenvalue weighted by atomic mass is 10.3. The second-order valence-corrected chi connectivity index (χ2v) is 6.78. The van der Waals surface area contributed by atoms with E-state index in [4.69, 9.17) is 11.6 Å². The van der Waals surface area contributed by atoms with E-state index < -0.39 is 15.8 Å². The van der Waals surface area contributed by atoms with E-state index in [0.29, 0.717) is 13.1 Å². The summed E-state index contributed by atoms with van der Waals surface area (Å²) in [4.78, 5) is 1.35. The first-order valence-electron chi connectivity index (χ1n) is 5.68. The summed E-state index contributed by atoms with van der Waals surface area (Å²) in [5.41, 5.74) is 0. The van der Waals surface area contributed by atoms with Crippen LogP contribution in [0.4, 0.5) is 4.39 Å². The van der Waals surface area contributed by atoms with Crippen LogP contribution in [0.15, 0.2) is 23.1 Å². The Morgan fingerprint density at radius 3 is 2.50 bits per heavy atom. The number of nitrogens with one attached hydrogen (secondary N) is 1. The van der Waals surface area contributed by atoms with E-state index in [2.05, 4.69) is 0 Å². The van der Waals surface area contributed by atoms with E-state index in [-0.39, 0.29) is 9.92 Å². The first kappa shape index (κ1) is 13.7. The summed E-state index contributed by atoms with van der Waals surface area (Å²) in [6, 6.07) is 3.50. The highest BCUT2D eigenvalue weighted by atomic mass is 35.5. The van der Waals surface area contributed by atoms with Crippen LogP contribution in [-0.4, -0.2) is 45.9 Å². The molecule has 1 aliphatic rings. The molecule has 0 radical (unpaired) electrons. The number of rotatable bonds is 2. The van der Waals surface area contributed by atoms with E-state index in [0.717, 1.165) is 25.2 Å². The Labute approximate surface area is 111 Å². The molecule has 1 fully saturated rings. The molecule has 1 aliphatic heterocycles. The van der Waals surface area contributed by atoms with E-state index in [1.54, 1.807) is 0 Å². The van der Waals surface area contributed by atoms with Gasteiger partial charge < -0.3 is 4.90 Å². The van der Waals surface area contributed by atoms with E-state index in [1.165, 1.54) is 15.3 Å². The summed E-state index contributed by atoms with van der Waals surface area (Å²) < 4.78 is 39.0. The Hall–Kier alpha value is -0.690. The van der Waals surface area contributed by atoms with Gasteiger partial charge in [0.2, 0.25) is 10.0 Å². The number of piperazine rings is 1. The van der Waals surface area contributed by atoms with Gasteiger partial charge in [-0.3, -0.25) is 0 Å². The van der Waals surface area contributed by atoms with E-state index >= 15 is 0 Å². The van der Waals surface area contributed by atoms with Gasteiger partial charge in [-0.05, 0) is 18.2 Å². The highest BCUT2D eigenvalue weighted by molar-refractivity contribution is 7.89. The average molecular weight is 294 g/mol. The third-order valence-electron chi connectivity index (χ3n) is 3.10. The zero-order valence-electron chi connectivity index (χ0n) is 9.99. The maximum absolute atomic E-state index is 13.0. The van der Waals surface area contributed by atoms with Gasteiger partial charge in [0, 0.05) is 0 Å². The number of halogens is 2. The van der Waals surface area contributed by atoms with Crippen LogP contribution in [-0.2, 0) is 10.0 Å². The van der Waals surface area contributed by atoms with Gasteiger partial charge in [0.25, 0.3) is 0 Å². The SMILES string of the molecule is C[NH+]1CCN(S(=O)(=O)c2ccc(F)c(Cl)c2)CC1. The van der Waals surface area contributed by atoms with Crippen molar-refractivity contribution in [3.8, 4) is 0 Å². The highest BCUT2D eigenvalue weighted by Crippen LogP contribution is 2.22. The van der Waals surface area contributed by atoms with Crippen LogP contribution in [0.2, 0.25) is 5.02 Å². The predicted octanol–water partition coefficient (Wildman–Crippen LogP) is -0.00190. The minimum absolute atomic E-state index is 0.0495. The molecule has 0 aliphatic carbocycles. The summed E-state index contributed by atoms with van der Waals surface area (Å²) in [6.45, 7) is 2.49. The molecule has 100 valence electrons. The van der Waals surface area contributed by atoms with Gasteiger partial charge in [0.1, 0.15) is 5.82 Å². The third kappa shape index (κ3) is 2.66. The Morgan fingerprint density at radius 1 is 1.33 bits per heavy atom.